The number of aliphatic hydroxyl groups is 4. The van der Waals surface area contributed by atoms with Gasteiger partial charge >= 0.3 is 11.9 Å². The van der Waals surface area contributed by atoms with Crippen LogP contribution in [0.4, 0.5) is 0 Å². The van der Waals surface area contributed by atoms with Crippen molar-refractivity contribution in [2.45, 2.75) is 182 Å². The van der Waals surface area contributed by atoms with E-state index in [0.717, 1.165) is 64.2 Å². The smallest absolute Gasteiger partial charge is 0.303 e. The second-order valence-corrected chi connectivity index (χ2v) is 22.5. The number of hydrogen-bond donors (Lipinski definition) is 6. The maximum atomic E-state index is 13.3. The standard InChI is InChI=1S/C24H40O5.C24H36O5/c2*1-13(4-7-21(28)29)16-5-6-17-22-18(12-20(27)24(16,17)3)23(2)9-8-15(25)10-14(23)11-19(22)26/h13-20,22,25-27H,4-12H2,1-3H3,(H,28,29);13-14,16-18,20,22,27H,4-12H2,1-3H3,(H,28,29)/t13-,14+,15-,16-,17+,18+,19-,20-,22+,23+,24-;13-,14+,16-,17+,18+,20-,22+,23+,24-/m11/s1. The van der Waals surface area contributed by atoms with Crippen LogP contribution in [0.2, 0.25) is 0 Å². The van der Waals surface area contributed by atoms with E-state index in [2.05, 4.69) is 41.5 Å². The molecule has 58 heavy (non-hydrogen) atoms. The van der Waals surface area contributed by atoms with Gasteiger partial charge in [0.05, 0.1) is 24.4 Å². The molecule has 8 aliphatic rings. The van der Waals surface area contributed by atoms with Gasteiger partial charge in [-0.3, -0.25) is 19.2 Å². The maximum Gasteiger partial charge on any atom is 0.303 e. The molecule has 8 fully saturated rings. The first-order valence-electron chi connectivity index (χ1n) is 23.4. The van der Waals surface area contributed by atoms with E-state index < -0.39 is 24.1 Å². The minimum Gasteiger partial charge on any atom is -0.481 e. The first kappa shape index (κ1) is 44.2. The quantitative estimate of drug-likeness (QED) is 0.145. The van der Waals surface area contributed by atoms with Crippen LogP contribution in [-0.2, 0) is 19.2 Å². The van der Waals surface area contributed by atoms with Crippen molar-refractivity contribution in [3.8, 4) is 0 Å². The number of aliphatic carboxylic acids is 2. The molecule has 0 radical (unpaired) electrons. The first-order valence-corrected chi connectivity index (χ1v) is 23.4. The van der Waals surface area contributed by atoms with E-state index in [1.165, 1.54) is 0 Å². The van der Waals surface area contributed by atoms with E-state index in [0.29, 0.717) is 68.0 Å². The van der Waals surface area contributed by atoms with Crippen molar-refractivity contribution in [3.05, 3.63) is 0 Å². The molecule has 10 heteroatoms. The third-order valence-electron chi connectivity index (χ3n) is 20.3. The molecule has 10 nitrogen and oxygen atoms in total. The van der Waals surface area contributed by atoms with E-state index in [-0.39, 0.29) is 99.8 Å². The molecule has 0 aromatic rings. The van der Waals surface area contributed by atoms with E-state index >= 15 is 0 Å². The molecule has 0 saturated heterocycles. The topological polar surface area (TPSA) is 190 Å². The second-order valence-electron chi connectivity index (χ2n) is 22.5. The molecule has 8 saturated carbocycles. The monoisotopic (exact) mass is 813 g/mol. The summed E-state index contributed by atoms with van der Waals surface area (Å²) >= 11 is 0. The third-order valence-corrected chi connectivity index (χ3v) is 20.3. The number of rotatable bonds is 8. The lowest BCUT2D eigenvalue weighted by molar-refractivity contribution is -0.207. The van der Waals surface area contributed by atoms with Crippen LogP contribution >= 0.6 is 0 Å². The lowest BCUT2D eigenvalue weighted by Gasteiger charge is -2.63. The number of carbonyl (C=O) groups excluding carboxylic acids is 2. The average molecular weight is 813 g/mol. The molecule has 0 unspecified atom stereocenters. The van der Waals surface area contributed by atoms with Crippen LogP contribution < -0.4 is 0 Å². The molecule has 20 atom stereocenters. The van der Waals surface area contributed by atoms with Gasteiger partial charge in [-0.05, 0) is 165 Å². The van der Waals surface area contributed by atoms with Crippen LogP contribution in [0.5, 0.6) is 0 Å². The number of ketones is 2. The molecular weight excluding hydrogens is 737 g/mol. The maximum absolute atomic E-state index is 13.3. The summed E-state index contributed by atoms with van der Waals surface area (Å²) in [5, 5.41) is 62.5. The highest BCUT2D eigenvalue weighted by molar-refractivity contribution is 5.86. The first-order chi connectivity index (χ1) is 27.2. The van der Waals surface area contributed by atoms with Gasteiger partial charge in [0, 0.05) is 43.4 Å². The number of Topliss-reactive ketones (excluding diaryl/α,β-unsaturated/α-hetero) is 2. The highest BCUT2D eigenvalue weighted by Crippen LogP contribution is 2.70. The molecule has 0 spiro atoms. The van der Waals surface area contributed by atoms with Gasteiger partial charge in [0.15, 0.2) is 0 Å². The molecule has 0 heterocycles. The van der Waals surface area contributed by atoms with E-state index in [1.54, 1.807) is 0 Å². The summed E-state index contributed by atoms with van der Waals surface area (Å²) in [4.78, 5) is 47.5. The van der Waals surface area contributed by atoms with Crippen LogP contribution in [0.15, 0.2) is 0 Å². The van der Waals surface area contributed by atoms with Gasteiger partial charge in [-0.25, -0.2) is 0 Å². The zero-order chi connectivity index (χ0) is 42.3. The van der Waals surface area contributed by atoms with Crippen LogP contribution in [0.25, 0.3) is 0 Å². The predicted octanol–water partition coefficient (Wildman–Crippen LogP) is 7.31. The van der Waals surface area contributed by atoms with Gasteiger partial charge in [-0.1, -0.05) is 41.5 Å². The Balaban J connectivity index is 0.000000177. The summed E-state index contributed by atoms with van der Waals surface area (Å²) in [5.41, 5.74) is -0.486. The fourth-order valence-corrected chi connectivity index (χ4v) is 16.9. The van der Waals surface area contributed by atoms with Crippen LogP contribution in [0.1, 0.15) is 157 Å². The van der Waals surface area contributed by atoms with Crippen LogP contribution in [0.3, 0.4) is 0 Å². The highest BCUT2D eigenvalue weighted by atomic mass is 16.4. The van der Waals surface area contributed by atoms with Gasteiger partial charge in [0.2, 0.25) is 0 Å². The molecular formula is C48H76O10. The lowest BCUT2D eigenvalue weighted by Crippen LogP contribution is -2.62. The zero-order valence-electron chi connectivity index (χ0n) is 36.3. The summed E-state index contributed by atoms with van der Waals surface area (Å²) in [7, 11) is 0. The van der Waals surface area contributed by atoms with Crippen molar-refractivity contribution in [1.82, 2.24) is 0 Å². The number of aliphatic hydroxyl groups excluding tert-OH is 4. The summed E-state index contributed by atoms with van der Waals surface area (Å²) in [6, 6.07) is 0. The normalized spacial score (nSPS) is 50.4. The molecule has 8 rings (SSSR count). The molecule has 0 aliphatic heterocycles. The molecule has 328 valence electrons. The SMILES string of the molecule is C[C@H](CCC(=O)O)[C@H]1CC[C@H]2[C@@H]3C(=O)C[C@@H]4CC(=O)CC[C@]4(C)[C@H]3C[C@@H](O)[C@]12C.C[C@H](CCC(=O)O)[C@H]1CC[C@H]2[C@@H]3[C@H](O)C[C@@H]4C[C@H](O)CC[C@]4(C)[C@H]3C[C@@H](O)[C@]12C. The van der Waals surface area contributed by atoms with Crippen molar-refractivity contribution in [2.24, 2.45) is 92.7 Å². The number of carboxylic acid groups (broad SMARTS) is 2. The third kappa shape index (κ3) is 7.15. The average Bonchev–Trinajstić information content (AvgIpc) is 3.70. The fourth-order valence-electron chi connectivity index (χ4n) is 16.9. The minimum absolute atomic E-state index is 0.00507. The Kier molecular flexibility index (Phi) is 12.3. The fraction of sp³-hybridized carbons (Fsp3) is 0.917. The van der Waals surface area contributed by atoms with Gasteiger partial charge in [0.1, 0.15) is 11.6 Å². The Hall–Kier alpha value is -1.88. The van der Waals surface area contributed by atoms with E-state index in [9.17, 15) is 39.6 Å². The summed E-state index contributed by atoms with van der Waals surface area (Å²) < 4.78 is 0. The summed E-state index contributed by atoms with van der Waals surface area (Å²) in [6.07, 6.45) is 11.4. The van der Waals surface area contributed by atoms with E-state index in [1.807, 2.05) is 0 Å². The van der Waals surface area contributed by atoms with Crippen LogP contribution in [-0.4, -0.2) is 78.6 Å². The van der Waals surface area contributed by atoms with Gasteiger partial charge in [-0.2, -0.15) is 0 Å². The molecule has 8 aliphatic carbocycles. The number of carbonyl (C=O) groups is 4. The van der Waals surface area contributed by atoms with E-state index in [4.69, 9.17) is 10.2 Å². The van der Waals surface area contributed by atoms with Gasteiger partial charge in [-0.15, -0.1) is 0 Å². The molecule has 0 aromatic carbocycles. The molecule has 0 bridgehead atoms. The van der Waals surface area contributed by atoms with Crippen molar-refractivity contribution in [3.63, 3.8) is 0 Å². The Morgan fingerprint density at radius 3 is 1.76 bits per heavy atom. The number of hydrogen-bond acceptors (Lipinski definition) is 8. The lowest BCUT2D eigenvalue weighted by atomic mass is 9.43. The summed E-state index contributed by atoms with van der Waals surface area (Å²) in [5.74, 6) is 1.79. The van der Waals surface area contributed by atoms with Crippen molar-refractivity contribution < 1.29 is 49.8 Å². The Morgan fingerprint density at radius 1 is 0.638 bits per heavy atom. The summed E-state index contributed by atoms with van der Waals surface area (Å²) in [6.45, 7) is 13.3. The molecule has 0 amide bonds. The predicted molar refractivity (Wildman–Crippen MR) is 218 cm³/mol. The van der Waals surface area contributed by atoms with Crippen LogP contribution in [0, 0.1) is 92.7 Å². The number of fused-ring (bicyclic) bond motifs is 10. The van der Waals surface area contributed by atoms with Gasteiger partial charge < -0.3 is 30.6 Å². The highest BCUT2D eigenvalue weighted by Gasteiger charge is 2.67. The minimum atomic E-state index is -0.769. The Morgan fingerprint density at radius 2 is 1.17 bits per heavy atom. The van der Waals surface area contributed by atoms with Crippen molar-refractivity contribution in [1.29, 1.82) is 0 Å². The van der Waals surface area contributed by atoms with Gasteiger partial charge in [0.25, 0.3) is 0 Å². The second kappa shape index (κ2) is 16.1. The van der Waals surface area contributed by atoms with Crippen molar-refractivity contribution >= 4 is 23.5 Å². The molecule has 6 N–H and O–H groups in total. The Labute approximate surface area is 346 Å². The molecule has 0 aromatic heterocycles. The van der Waals surface area contributed by atoms with Crippen molar-refractivity contribution in [2.75, 3.05) is 0 Å². The number of carboxylic acids is 2. The largest absolute Gasteiger partial charge is 0.481 e. The zero-order valence-corrected chi connectivity index (χ0v) is 36.3. The Bertz CT molecular complexity index is 1580.